The zero-order valence-corrected chi connectivity index (χ0v) is 13.1. The molecule has 1 saturated carbocycles. The van der Waals surface area contributed by atoms with E-state index in [4.69, 9.17) is 9.47 Å². The van der Waals surface area contributed by atoms with Gasteiger partial charge in [-0.25, -0.2) is 0 Å². The lowest BCUT2D eigenvalue weighted by Gasteiger charge is -2.11. The van der Waals surface area contributed by atoms with E-state index in [1.54, 1.807) is 12.3 Å². The van der Waals surface area contributed by atoms with Crippen LogP contribution in [0.25, 0.3) is 12.2 Å². The van der Waals surface area contributed by atoms with E-state index in [1.165, 1.54) is 0 Å². The predicted molar refractivity (Wildman–Crippen MR) is 89.1 cm³/mol. The van der Waals surface area contributed by atoms with Gasteiger partial charge >= 0.3 is 5.97 Å². The lowest BCUT2D eigenvalue weighted by atomic mass is 10.1. The lowest BCUT2D eigenvalue weighted by molar-refractivity contribution is -0.135. The second kappa shape index (κ2) is 7.09. The Morgan fingerprint density at radius 3 is 2.78 bits per heavy atom. The average molecular weight is 309 g/mol. The number of hydrogen-bond acceptors (Lipinski definition) is 4. The van der Waals surface area contributed by atoms with Crippen LogP contribution in [0.3, 0.4) is 0 Å². The number of pyridine rings is 1. The van der Waals surface area contributed by atoms with Crippen molar-refractivity contribution in [2.24, 2.45) is 5.92 Å². The number of aromatic nitrogens is 1. The molecule has 1 heterocycles. The van der Waals surface area contributed by atoms with E-state index in [0.717, 1.165) is 24.1 Å². The van der Waals surface area contributed by atoms with Gasteiger partial charge in [0.25, 0.3) is 0 Å². The topological polar surface area (TPSA) is 48.4 Å². The third-order valence-electron chi connectivity index (χ3n) is 3.52. The molecule has 0 saturated heterocycles. The Labute approximate surface area is 135 Å². The molecule has 0 atom stereocenters. The Bertz CT molecular complexity index is 706. The molecular weight excluding hydrogens is 290 g/mol. The maximum Gasteiger partial charge on any atom is 0.314 e. The molecule has 4 heteroatoms. The highest BCUT2D eigenvalue weighted by atomic mass is 16.6. The summed E-state index contributed by atoms with van der Waals surface area (Å²) >= 11 is 0. The highest BCUT2D eigenvalue weighted by molar-refractivity contribution is 5.78. The third kappa shape index (κ3) is 4.19. The van der Waals surface area contributed by atoms with E-state index in [2.05, 4.69) is 4.98 Å². The van der Waals surface area contributed by atoms with Gasteiger partial charge in [0.1, 0.15) is 0 Å². The van der Waals surface area contributed by atoms with Crippen LogP contribution in [-0.4, -0.2) is 17.6 Å². The van der Waals surface area contributed by atoms with E-state index in [9.17, 15) is 4.79 Å². The molecule has 1 aliphatic carbocycles. The molecule has 23 heavy (non-hydrogen) atoms. The summed E-state index contributed by atoms with van der Waals surface area (Å²) in [7, 11) is 0. The molecule has 0 aliphatic heterocycles. The first kappa shape index (κ1) is 15.3. The highest BCUT2D eigenvalue weighted by Crippen LogP contribution is 2.34. The third-order valence-corrected chi connectivity index (χ3v) is 3.52. The minimum Gasteiger partial charge on any atom is -0.490 e. The van der Waals surface area contributed by atoms with Gasteiger partial charge in [0.05, 0.1) is 18.2 Å². The quantitative estimate of drug-likeness (QED) is 0.598. The van der Waals surface area contributed by atoms with Crippen molar-refractivity contribution in [2.45, 2.75) is 19.8 Å². The fourth-order valence-corrected chi connectivity index (χ4v) is 2.15. The monoisotopic (exact) mass is 309 g/mol. The molecule has 0 bridgehead atoms. The number of esters is 1. The molecule has 3 rings (SSSR count). The Hall–Kier alpha value is -2.62. The van der Waals surface area contributed by atoms with E-state index < -0.39 is 0 Å². The van der Waals surface area contributed by atoms with Gasteiger partial charge < -0.3 is 9.47 Å². The van der Waals surface area contributed by atoms with Crippen LogP contribution in [0.1, 0.15) is 31.0 Å². The van der Waals surface area contributed by atoms with Crippen molar-refractivity contribution < 1.29 is 14.3 Å². The second-order valence-corrected chi connectivity index (χ2v) is 5.42. The van der Waals surface area contributed by atoms with Crippen LogP contribution < -0.4 is 9.47 Å². The van der Waals surface area contributed by atoms with E-state index in [0.29, 0.717) is 18.1 Å². The van der Waals surface area contributed by atoms with Crippen LogP contribution in [0.15, 0.2) is 42.6 Å². The molecule has 0 N–H and O–H groups in total. The summed E-state index contributed by atoms with van der Waals surface area (Å²) in [4.78, 5) is 16.1. The second-order valence-electron chi connectivity index (χ2n) is 5.42. The van der Waals surface area contributed by atoms with Gasteiger partial charge in [-0.05, 0) is 55.7 Å². The summed E-state index contributed by atoms with van der Waals surface area (Å²) in [6.45, 7) is 2.42. The average Bonchev–Trinajstić information content (AvgIpc) is 3.41. The number of ether oxygens (including phenoxy) is 2. The normalized spacial score (nSPS) is 14.0. The van der Waals surface area contributed by atoms with Gasteiger partial charge in [-0.1, -0.05) is 18.2 Å². The zero-order valence-electron chi connectivity index (χ0n) is 13.1. The number of rotatable bonds is 6. The number of carbonyl (C=O) groups is 1. The Kier molecular flexibility index (Phi) is 4.71. The minimum atomic E-state index is -0.164. The fourth-order valence-electron chi connectivity index (χ4n) is 2.15. The van der Waals surface area contributed by atoms with Crippen molar-refractivity contribution in [2.75, 3.05) is 6.61 Å². The van der Waals surface area contributed by atoms with Crippen LogP contribution in [0, 0.1) is 5.92 Å². The van der Waals surface area contributed by atoms with Crippen LogP contribution in [0.2, 0.25) is 0 Å². The lowest BCUT2D eigenvalue weighted by Crippen LogP contribution is -2.10. The molecule has 0 radical (unpaired) electrons. The summed E-state index contributed by atoms with van der Waals surface area (Å²) in [6.07, 6.45) is 7.49. The zero-order chi connectivity index (χ0) is 16.1. The van der Waals surface area contributed by atoms with Crippen LogP contribution in [0.4, 0.5) is 0 Å². The highest BCUT2D eigenvalue weighted by Gasteiger charge is 2.32. The van der Waals surface area contributed by atoms with Gasteiger partial charge in [0.2, 0.25) is 0 Å². The largest absolute Gasteiger partial charge is 0.490 e. The minimum absolute atomic E-state index is 0.0632. The first-order valence-electron chi connectivity index (χ1n) is 7.84. The van der Waals surface area contributed by atoms with Crippen molar-refractivity contribution in [1.29, 1.82) is 0 Å². The standard InChI is InChI=1S/C19H19NO3/c1-2-22-18-13-14(6-10-16-5-3-4-12-20-16)7-11-17(18)23-19(21)15-8-9-15/h3-7,10-13,15H,2,8-9H2,1H3/b10-6+. The summed E-state index contributed by atoms with van der Waals surface area (Å²) < 4.78 is 11.0. The molecule has 0 spiro atoms. The summed E-state index contributed by atoms with van der Waals surface area (Å²) in [5.41, 5.74) is 1.85. The molecule has 1 aromatic carbocycles. The molecule has 2 aromatic rings. The van der Waals surface area contributed by atoms with Crippen LogP contribution >= 0.6 is 0 Å². The van der Waals surface area contributed by atoms with Crippen LogP contribution in [-0.2, 0) is 4.79 Å². The number of carbonyl (C=O) groups excluding carboxylic acids is 1. The van der Waals surface area contributed by atoms with Crippen molar-refractivity contribution in [3.63, 3.8) is 0 Å². The maximum atomic E-state index is 11.8. The first-order valence-corrected chi connectivity index (χ1v) is 7.84. The molecule has 1 aliphatic rings. The van der Waals surface area contributed by atoms with Crippen molar-refractivity contribution in [1.82, 2.24) is 4.98 Å². The summed E-state index contributed by atoms with van der Waals surface area (Å²) in [5.74, 6) is 0.972. The SMILES string of the molecule is CCOc1cc(/C=C/c2ccccn2)ccc1OC(=O)C1CC1. The van der Waals surface area contributed by atoms with Crippen LogP contribution in [0.5, 0.6) is 11.5 Å². The molecule has 0 unspecified atom stereocenters. The first-order chi connectivity index (χ1) is 11.3. The van der Waals surface area contributed by atoms with Gasteiger partial charge in [-0.15, -0.1) is 0 Å². The van der Waals surface area contributed by atoms with Crippen molar-refractivity contribution in [3.8, 4) is 11.5 Å². The molecule has 1 aromatic heterocycles. The molecule has 4 nitrogen and oxygen atoms in total. The van der Waals surface area contributed by atoms with Gasteiger partial charge in [-0.2, -0.15) is 0 Å². The number of hydrogen-bond donors (Lipinski definition) is 0. The predicted octanol–water partition coefficient (Wildman–Crippen LogP) is 3.97. The van der Waals surface area contributed by atoms with E-state index >= 15 is 0 Å². The van der Waals surface area contributed by atoms with Gasteiger partial charge in [0, 0.05) is 6.20 Å². The van der Waals surface area contributed by atoms with E-state index in [1.807, 2.05) is 49.4 Å². The Morgan fingerprint density at radius 1 is 1.22 bits per heavy atom. The molecule has 1 fully saturated rings. The van der Waals surface area contributed by atoms with Crippen molar-refractivity contribution in [3.05, 3.63) is 53.9 Å². The molecular formula is C19H19NO3. The Morgan fingerprint density at radius 2 is 2.09 bits per heavy atom. The smallest absolute Gasteiger partial charge is 0.314 e. The number of nitrogens with zero attached hydrogens (tertiary/aromatic N) is 1. The van der Waals surface area contributed by atoms with E-state index in [-0.39, 0.29) is 11.9 Å². The fraction of sp³-hybridized carbons (Fsp3) is 0.263. The molecule has 0 amide bonds. The van der Waals surface area contributed by atoms with Gasteiger partial charge in [0.15, 0.2) is 11.5 Å². The Balaban J connectivity index is 1.77. The summed E-state index contributed by atoms with van der Waals surface area (Å²) in [5, 5.41) is 0. The molecule has 118 valence electrons. The number of benzene rings is 1. The van der Waals surface area contributed by atoms with Gasteiger partial charge in [-0.3, -0.25) is 9.78 Å². The summed E-state index contributed by atoms with van der Waals surface area (Å²) in [6, 6.07) is 11.3. The van der Waals surface area contributed by atoms with Crippen molar-refractivity contribution >= 4 is 18.1 Å². The maximum absolute atomic E-state index is 11.8.